The SMILES string of the molecule is COC(CCCCCCC[SiH3])(OC)OC.COC(CCCCCCC[SiH3])(OC)OC. The van der Waals surface area contributed by atoms with Crippen LogP contribution in [0.1, 0.15) is 77.0 Å². The Labute approximate surface area is 192 Å². The molecular weight excluding hydrogens is 416 g/mol. The zero-order valence-corrected chi connectivity index (χ0v) is 25.3. The molecular formula is C22H52O6Si2. The zero-order valence-electron chi connectivity index (χ0n) is 21.3. The highest BCUT2D eigenvalue weighted by Gasteiger charge is 2.29. The van der Waals surface area contributed by atoms with Gasteiger partial charge in [0.1, 0.15) is 0 Å². The molecule has 0 spiro atoms. The summed E-state index contributed by atoms with van der Waals surface area (Å²) in [5.74, 6) is -1.64. The minimum Gasteiger partial charge on any atom is -0.331 e. The van der Waals surface area contributed by atoms with Gasteiger partial charge in [0.2, 0.25) is 0 Å². The van der Waals surface area contributed by atoms with E-state index in [2.05, 4.69) is 0 Å². The first-order valence-corrected chi connectivity index (χ1v) is 14.6. The van der Waals surface area contributed by atoms with Gasteiger partial charge >= 0.3 is 0 Å². The standard InChI is InChI=1S/2C11H26O3Si/c2*1-12-11(13-2,14-3)9-7-5-4-6-8-10-15/h2*4-10H2,1-3,15H3. The number of hydrogen-bond donors (Lipinski definition) is 0. The third-order valence-corrected chi connectivity index (χ3v) is 6.95. The molecule has 0 aromatic heterocycles. The Balaban J connectivity index is 0. The number of hydrogen-bond acceptors (Lipinski definition) is 6. The van der Waals surface area contributed by atoms with Crippen LogP contribution in [0.3, 0.4) is 0 Å². The van der Waals surface area contributed by atoms with Crippen LogP contribution in [0.4, 0.5) is 0 Å². The molecule has 0 bridgehead atoms. The number of methoxy groups -OCH3 is 6. The van der Waals surface area contributed by atoms with Gasteiger partial charge in [-0.15, -0.1) is 0 Å². The molecule has 0 radical (unpaired) electrons. The smallest absolute Gasteiger partial charge is 0.282 e. The van der Waals surface area contributed by atoms with E-state index >= 15 is 0 Å². The Hall–Kier alpha value is 0.194. The van der Waals surface area contributed by atoms with Crippen molar-refractivity contribution in [1.29, 1.82) is 0 Å². The highest BCUT2D eigenvalue weighted by Crippen LogP contribution is 2.22. The van der Waals surface area contributed by atoms with Crippen molar-refractivity contribution in [2.24, 2.45) is 0 Å². The molecule has 0 aliphatic carbocycles. The molecule has 0 rings (SSSR count). The summed E-state index contributed by atoms with van der Waals surface area (Å²) in [5, 5.41) is 0. The summed E-state index contributed by atoms with van der Waals surface area (Å²) in [6, 6.07) is 2.86. The van der Waals surface area contributed by atoms with Gasteiger partial charge in [-0.05, 0) is 12.8 Å². The summed E-state index contributed by atoms with van der Waals surface area (Å²) in [4.78, 5) is 0. The molecule has 184 valence electrons. The highest BCUT2D eigenvalue weighted by atomic mass is 28.1. The quantitative estimate of drug-likeness (QED) is 0.155. The van der Waals surface area contributed by atoms with Gasteiger partial charge in [0.05, 0.1) is 0 Å². The van der Waals surface area contributed by atoms with Crippen LogP contribution in [0.5, 0.6) is 0 Å². The summed E-state index contributed by atoms with van der Waals surface area (Å²) in [6.07, 6.45) is 14.4. The Morgan fingerprint density at radius 2 is 0.633 bits per heavy atom. The molecule has 8 heteroatoms. The van der Waals surface area contributed by atoms with Crippen LogP contribution in [-0.2, 0) is 28.4 Å². The second kappa shape index (κ2) is 22.4. The molecule has 0 amide bonds. The highest BCUT2D eigenvalue weighted by molar-refractivity contribution is 6.08. The molecule has 0 aliphatic heterocycles. The van der Waals surface area contributed by atoms with Gasteiger partial charge in [-0.3, -0.25) is 0 Å². The fourth-order valence-electron chi connectivity index (χ4n) is 3.36. The molecule has 0 aromatic rings. The lowest BCUT2D eigenvalue weighted by Crippen LogP contribution is -2.35. The zero-order chi connectivity index (χ0) is 23.1. The van der Waals surface area contributed by atoms with E-state index in [1.165, 1.54) is 83.9 Å². The lowest BCUT2D eigenvalue weighted by molar-refractivity contribution is -0.355. The van der Waals surface area contributed by atoms with E-state index in [1.807, 2.05) is 0 Å². The van der Waals surface area contributed by atoms with Crippen molar-refractivity contribution in [3.63, 3.8) is 0 Å². The van der Waals surface area contributed by atoms with Gasteiger partial charge in [-0.2, -0.15) is 0 Å². The summed E-state index contributed by atoms with van der Waals surface area (Å²) in [6.45, 7) is 0. The van der Waals surface area contributed by atoms with Gasteiger partial charge in [0.25, 0.3) is 11.9 Å². The van der Waals surface area contributed by atoms with Crippen molar-refractivity contribution >= 4 is 20.5 Å². The average molecular weight is 469 g/mol. The van der Waals surface area contributed by atoms with Crippen LogP contribution < -0.4 is 0 Å². The molecule has 0 atom stereocenters. The van der Waals surface area contributed by atoms with Crippen molar-refractivity contribution in [3.8, 4) is 0 Å². The molecule has 0 fully saturated rings. The molecule has 0 N–H and O–H groups in total. The molecule has 30 heavy (non-hydrogen) atoms. The third-order valence-electron chi connectivity index (χ3n) is 5.54. The predicted octanol–water partition coefficient (Wildman–Crippen LogP) is 3.41. The number of ether oxygens (including phenoxy) is 6. The van der Waals surface area contributed by atoms with Crippen LogP contribution in [0.15, 0.2) is 0 Å². The predicted molar refractivity (Wildman–Crippen MR) is 132 cm³/mol. The second-order valence-electron chi connectivity index (χ2n) is 7.63. The molecule has 0 saturated carbocycles. The first kappa shape index (κ1) is 32.4. The molecule has 6 nitrogen and oxygen atoms in total. The first-order valence-electron chi connectivity index (χ1n) is 11.8. The van der Waals surface area contributed by atoms with E-state index < -0.39 is 11.9 Å². The van der Waals surface area contributed by atoms with E-state index in [1.54, 1.807) is 42.7 Å². The maximum absolute atomic E-state index is 5.23. The van der Waals surface area contributed by atoms with Crippen molar-refractivity contribution in [2.45, 2.75) is 101 Å². The topological polar surface area (TPSA) is 55.4 Å². The average Bonchev–Trinajstić information content (AvgIpc) is 2.80. The van der Waals surface area contributed by atoms with Crippen molar-refractivity contribution in [1.82, 2.24) is 0 Å². The first-order chi connectivity index (χ1) is 14.5. The molecule has 0 heterocycles. The number of rotatable bonds is 20. The summed E-state index contributed by atoms with van der Waals surface area (Å²) < 4.78 is 31.4. The molecule has 0 aliphatic rings. The fraction of sp³-hybridized carbons (Fsp3) is 1.00. The van der Waals surface area contributed by atoms with Crippen LogP contribution in [-0.4, -0.2) is 75.1 Å². The Kier molecular flexibility index (Phi) is 24.2. The van der Waals surface area contributed by atoms with Gasteiger partial charge in [-0.1, -0.05) is 63.5 Å². The normalized spacial score (nSPS) is 12.2. The van der Waals surface area contributed by atoms with Gasteiger partial charge in [-0.25, -0.2) is 0 Å². The summed E-state index contributed by atoms with van der Waals surface area (Å²) in [7, 11) is 12.4. The van der Waals surface area contributed by atoms with E-state index in [0.717, 1.165) is 25.7 Å². The van der Waals surface area contributed by atoms with Crippen LogP contribution >= 0.6 is 0 Å². The summed E-state index contributed by atoms with van der Waals surface area (Å²) >= 11 is 0. The molecule has 0 unspecified atom stereocenters. The maximum atomic E-state index is 5.23. The monoisotopic (exact) mass is 468 g/mol. The second-order valence-corrected chi connectivity index (χ2v) is 9.63. The number of unbranched alkanes of at least 4 members (excludes halogenated alkanes) is 8. The van der Waals surface area contributed by atoms with Gasteiger partial charge in [0.15, 0.2) is 0 Å². The minimum absolute atomic E-state index is 0.803. The van der Waals surface area contributed by atoms with Crippen molar-refractivity contribution in [2.75, 3.05) is 42.7 Å². The lowest BCUT2D eigenvalue weighted by atomic mass is 10.1. The minimum atomic E-state index is -0.822. The van der Waals surface area contributed by atoms with Crippen LogP contribution in [0, 0.1) is 0 Å². The van der Waals surface area contributed by atoms with E-state index in [9.17, 15) is 0 Å². The Morgan fingerprint density at radius 1 is 0.400 bits per heavy atom. The molecule has 0 aromatic carbocycles. The largest absolute Gasteiger partial charge is 0.331 e. The lowest BCUT2D eigenvalue weighted by Gasteiger charge is -2.28. The van der Waals surface area contributed by atoms with Crippen molar-refractivity contribution in [3.05, 3.63) is 0 Å². The Bertz CT molecular complexity index is 291. The van der Waals surface area contributed by atoms with Crippen molar-refractivity contribution < 1.29 is 28.4 Å². The third kappa shape index (κ3) is 15.9. The fourth-order valence-corrected chi connectivity index (χ4v) is 4.36. The Morgan fingerprint density at radius 3 is 0.867 bits per heavy atom. The van der Waals surface area contributed by atoms with Gasteiger partial charge in [0, 0.05) is 76.0 Å². The van der Waals surface area contributed by atoms with Crippen LogP contribution in [0.2, 0.25) is 12.1 Å². The van der Waals surface area contributed by atoms with Crippen LogP contribution in [0.25, 0.3) is 0 Å². The van der Waals surface area contributed by atoms with E-state index in [0.29, 0.717) is 0 Å². The van der Waals surface area contributed by atoms with E-state index in [-0.39, 0.29) is 0 Å². The van der Waals surface area contributed by atoms with E-state index in [4.69, 9.17) is 28.4 Å². The summed E-state index contributed by atoms with van der Waals surface area (Å²) in [5.41, 5.74) is 0. The maximum Gasteiger partial charge on any atom is 0.282 e. The van der Waals surface area contributed by atoms with Gasteiger partial charge < -0.3 is 28.4 Å². The molecule has 0 saturated heterocycles.